The number of benzene rings is 1. The predicted octanol–water partition coefficient (Wildman–Crippen LogP) is 3.63. The molecule has 1 aliphatic rings. The molecule has 1 amide bonds. The Labute approximate surface area is 186 Å². The van der Waals surface area contributed by atoms with Gasteiger partial charge in [-0.3, -0.25) is 14.4 Å². The highest BCUT2D eigenvalue weighted by atomic mass is 16.3. The number of hydrogen-bond donors (Lipinski definition) is 1. The van der Waals surface area contributed by atoms with Gasteiger partial charge in [-0.15, -0.1) is 0 Å². The number of rotatable bonds is 7. The lowest BCUT2D eigenvalue weighted by Crippen LogP contribution is -2.61. The molecule has 2 atom stereocenters. The number of carbonyl (C=O) groups excluding carboxylic acids is 1. The molecule has 0 radical (unpaired) electrons. The molecule has 0 unspecified atom stereocenters. The van der Waals surface area contributed by atoms with Crippen LogP contribution in [-0.4, -0.2) is 67.9 Å². The number of amides is 1. The van der Waals surface area contributed by atoms with Crippen LogP contribution in [0.5, 0.6) is 0 Å². The SMILES string of the molecule is CC[C@H]1CN(C(=O)c2cccc(Cn3nc(C)cc3C)c2)[C@@H](CC)CN1CC(C)(C)O. The number of piperazine rings is 1. The fraction of sp³-hybridized carbons (Fsp3) is 0.600. The normalized spacial score (nSPS) is 20.3. The van der Waals surface area contributed by atoms with Crippen LogP contribution in [-0.2, 0) is 6.54 Å². The van der Waals surface area contributed by atoms with Crippen molar-refractivity contribution in [1.29, 1.82) is 0 Å². The van der Waals surface area contributed by atoms with Crippen LogP contribution in [0.25, 0.3) is 0 Å². The van der Waals surface area contributed by atoms with Crippen LogP contribution in [0.3, 0.4) is 0 Å². The Morgan fingerprint density at radius 3 is 2.42 bits per heavy atom. The monoisotopic (exact) mass is 426 g/mol. The standard InChI is InChI=1S/C25H38N4O2/c1-7-22-16-28(23(8-2)15-27(22)17-25(5,6)31)24(30)21-11-9-10-20(13-21)14-29-19(4)12-18(3)26-29/h9-13,22-23,31H,7-8,14-17H2,1-6H3/t22-,23-/m0/s1. The molecule has 6 heteroatoms. The van der Waals surface area contributed by atoms with Crippen molar-refractivity contribution < 1.29 is 9.90 Å². The van der Waals surface area contributed by atoms with E-state index in [-0.39, 0.29) is 18.0 Å². The van der Waals surface area contributed by atoms with Crippen molar-refractivity contribution in [2.45, 2.75) is 78.6 Å². The molecule has 0 aliphatic carbocycles. The van der Waals surface area contributed by atoms with Gasteiger partial charge in [0.2, 0.25) is 0 Å². The van der Waals surface area contributed by atoms with Gasteiger partial charge in [-0.1, -0.05) is 26.0 Å². The smallest absolute Gasteiger partial charge is 0.254 e. The van der Waals surface area contributed by atoms with E-state index in [1.54, 1.807) is 0 Å². The summed E-state index contributed by atoms with van der Waals surface area (Å²) in [6.07, 6.45) is 1.85. The lowest BCUT2D eigenvalue weighted by atomic mass is 9.98. The summed E-state index contributed by atoms with van der Waals surface area (Å²) in [6.45, 7) is 14.8. The zero-order valence-corrected chi connectivity index (χ0v) is 19.9. The third kappa shape index (κ3) is 5.74. The van der Waals surface area contributed by atoms with Gasteiger partial charge >= 0.3 is 0 Å². The summed E-state index contributed by atoms with van der Waals surface area (Å²) in [5.74, 6) is 0.100. The number of aliphatic hydroxyl groups is 1. The van der Waals surface area contributed by atoms with Crippen molar-refractivity contribution in [3.63, 3.8) is 0 Å². The minimum Gasteiger partial charge on any atom is -0.389 e. The molecule has 2 heterocycles. The van der Waals surface area contributed by atoms with Crippen LogP contribution in [0.15, 0.2) is 30.3 Å². The van der Waals surface area contributed by atoms with E-state index < -0.39 is 5.60 Å². The predicted molar refractivity (Wildman–Crippen MR) is 124 cm³/mol. The maximum absolute atomic E-state index is 13.5. The van der Waals surface area contributed by atoms with Gasteiger partial charge in [0.25, 0.3) is 5.91 Å². The van der Waals surface area contributed by atoms with Crippen molar-refractivity contribution in [1.82, 2.24) is 19.6 Å². The van der Waals surface area contributed by atoms with Crippen molar-refractivity contribution in [2.75, 3.05) is 19.6 Å². The number of aromatic nitrogens is 2. The van der Waals surface area contributed by atoms with Gasteiger partial charge in [-0.25, -0.2) is 0 Å². The van der Waals surface area contributed by atoms with Crippen molar-refractivity contribution >= 4 is 5.91 Å². The van der Waals surface area contributed by atoms with Gasteiger partial charge in [-0.05, 0) is 64.3 Å². The molecule has 1 aromatic heterocycles. The molecule has 170 valence electrons. The minimum atomic E-state index is -0.741. The quantitative estimate of drug-likeness (QED) is 0.734. The molecular formula is C25H38N4O2. The molecule has 6 nitrogen and oxygen atoms in total. The van der Waals surface area contributed by atoms with E-state index >= 15 is 0 Å². The van der Waals surface area contributed by atoms with E-state index in [1.807, 2.05) is 43.7 Å². The minimum absolute atomic E-state index is 0.100. The van der Waals surface area contributed by atoms with Crippen LogP contribution >= 0.6 is 0 Å². The highest BCUT2D eigenvalue weighted by Gasteiger charge is 2.36. The molecule has 1 fully saturated rings. The van der Waals surface area contributed by atoms with Crippen LogP contribution in [0, 0.1) is 13.8 Å². The van der Waals surface area contributed by atoms with Gasteiger partial charge in [0, 0.05) is 43.0 Å². The molecule has 0 bridgehead atoms. The number of β-amino-alcohol motifs (C(OH)–C–C–N with tert-alkyl or cyclic N) is 1. The third-order valence-corrected chi connectivity index (χ3v) is 6.21. The largest absolute Gasteiger partial charge is 0.389 e. The van der Waals surface area contributed by atoms with E-state index in [0.29, 0.717) is 19.6 Å². The first-order chi connectivity index (χ1) is 14.6. The van der Waals surface area contributed by atoms with E-state index in [1.165, 1.54) is 0 Å². The van der Waals surface area contributed by atoms with Gasteiger partial charge in [-0.2, -0.15) is 5.10 Å². The molecule has 1 aromatic carbocycles. The van der Waals surface area contributed by atoms with Crippen LogP contribution in [0.4, 0.5) is 0 Å². The maximum atomic E-state index is 13.5. The van der Waals surface area contributed by atoms with E-state index in [9.17, 15) is 9.90 Å². The lowest BCUT2D eigenvalue weighted by molar-refractivity contribution is -0.0237. The second-order valence-corrected chi connectivity index (χ2v) is 9.61. The average molecular weight is 427 g/mol. The van der Waals surface area contributed by atoms with Crippen LogP contribution in [0.2, 0.25) is 0 Å². The summed E-state index contributed by atoms with van der Waals surface area (Å²) in [7, 11) is 0. The number of nitrogens with zero attached hydrogens (tertiary/aromatic N) is 4. The van der Waals surface area contributed by atoms with Gasteiger partial charge in [0.15, 0.2) is 0 Å². The molecule has 1 N–H and O–H groups in total. The van der Waals surface area contributed by atoms with Gasteiger partial charge in [0.1, 0.15) is 0 Å². The van der Waals surface area contributed by atoms with Crippen molar-refractivity contribution in [2.24, 2.45) is 0 Å². The Bertz CT molecular complexity index is 899. The zero-order valence-electron chi connectivity index (χ0n) is 19.9. The van der Waals surface area contributed by atoms with Crippen molar-refractivity contribution in [3.05, 3.63) is 52.8 Å². The van der Waals surface area contributed by atoms with E-state index in [4.69, 9.17) is 0 Å². The molecule has 0 saturated carbocycles. The molecule has 2 aromatic rings. The molecule has 3 rings (SSSR count). The summed E-state index contributed by atoms with van der Waals surface area (Å²) >= 11 is 0. The highest BCUT2D eigenvalue weighted by Crippen LogP contribution is 2.24. The first-order valence-corrected chi connectivity index (χ1v) is 11.5. The first-order valence-electron chi connectivity index (χ1n) is 11.5. The Hall–Kier alpha value is -2.18. The lowest BCUT2D eigenvalue weighted by Gasteiger charge is -2.47. The first kappa shape index (κ1) is 23.5. The maximum Gasteiger partial charge on any atom is 0.254 e. The topological polar surface area (TPSA) is 61.6 Å². The van der Waals surface area contributed by atoms with Crippen molar-refractivity contribution in [3.8, 4) is 0 Å². The molecule has 1 aliphatic heterocycles. The second-order valence-electron chi connectivity index (χ2n) is 9.61. The molecular weight excluding hydrogens is 388 g/mol. The highest BCUT2D eigenvalue weighted by molar-refractivity contribution is 5.94. The Kier molecular flexibility index (Phi) is 7.22. The average Bonchev–Trinajstić information content (AvgIpc) is 3.02. The summed E-state index contributed by atoms with van der Waals surface area (Å²) in [4.78, 5) is 17.9. The Balaban J connectivity index is 1.79. The summed E-state index contributed by atoms with van der Waals surface area (Å²) in [6, 6.07) is 10.4. The molecule has 1 saturated heterocycles. The van der Waals surface area contributed by atoms with Gasteiger partial charge in [0.05, 0.1) is 17.8 Å². The summed E-state index contributed by atoms with van der Waals surface area (Å²) < 4.78 is 1.98. The number of carbonyl (C=O) groups is 1. The van der Waals surface area contributed by atoms with Crippen LogP contribution < -0.4 is 0 Å². The second kappa shape index (κ2) is 9.53. The van der Waals surface area contributed by atoms with E-state index in [0.717, 1.165) is 41.9 Å². The Morgan fingerprint density at radius 2 is 1.84 bits per heavy atom. The van der Waals surface area contributed by atoms with Gasteiger partial charge < -0.3 is 10.0 Å². The van der Waals surface area contributed by atoms with Crippen LogP contribution in [0.1, 0.15) is 67.8 Å². The fourth-order valence-corrected chi connectivity index (χ4v) is 4.66. The third-order valence-electron chi connectivity index (χ3n) is 6.21. The summed E-state index contributed by atoms with van der Waals surface area (Å²) in [5.41, 5.74) is 3.20. The Morgan fingerprint density at radius 1 is 1.13 bits per heavy atom. The molecule has 0 spiro atoms. The fourth-order valence-electron chi connectivity index (χ4n) is 4.66. The summed E-state index contributed by atoms with van der Waals surface area (Å²) in [5, 5.41) is 14.9. The zero-order chi connectivity index (χ0) is 22.8. The van der Waals surface area contributed by atoms with E-state index in [2.05, 4.69) is 47.8 Å². The molecule has 31 heavy (non-hydrogen) atoms. The number of aryl methyl sites for hydroxylation is 2. The number of hydrogen-bond acceptors (Lipinski definition) is 4.